The number of primary amides is 1. The van der Waals surface area contributed by atoms with Crippen LogP contribution in [0.4, 0.5) is 4.39 Å². The van der Waals surface area contributed by atoms with Crippen LogP contribution in [0.15, 0.2) is 59.7 Å². The first-order chi connectivity index (χ1) is 22.4. The first kappa shape index (κ1) is 38.9. The number of aliphatic imine (C=N–C) groups is 1. The van der Waals surface area contributed by atoms with Crippen molar-refractivity contribution in [1.29, 1.82) is 0 Å². The van der Waals surface area contributed by atoms with Gasteiger partial charge in [-0.05, 0) is 95.1 Å². The summed E-state index contributed by atoms with van der Waals surface area (Å²) < 4.78 is 17.6. The van der Waals surface area contributed by atoms with E-state index in [1.54, 1.807) is 50.5 Å². The lowest BCUT2D eigenvalue weighted by Crippen LogP contribution is -2.46. The van der Waals surface area contributed by atoms with Crippen molar-refractivity contribution in [1.82, 2.24) is 20.4 Å². The second kappa shape index (κ2) is 20.0. The Morgan fingerprint density at radius 1 is 1.15 bits per heavy atom. The highest BCUT2D eigenvalue weighted by Crippen LogP contribution is 2.24. The van der Waals surface area contributed by atoms with Crippen molar-refractivity contribution in [3.8, 4) is 5.75 Å². The maximum absolute atomic E-state index is 12.7. The molecule has 256 valence electrons. The number of amides is 2. The van der Waals surface area contributed by atoms with Crippen LogP contribution in [0.5, 0.6) is 5.75 Å². The Labute approximate surface area is 279 Å². The molecule has 1 aliphatic carbocycles. The highest BCUT2D eigenvalue weighted by molar-refractivity contribution is 6.00. The highest BCUT2D eigenvalue weighted by atomic mass is 19.1. The Bertz CT molecular complexity index is 1520. The van der Waals surface area contributed by atoms with Gasteiger partial charge in [-0.2, -0.15) is 5.10 Å². The molecule has 1 unspecified atom stereocenters. The van der Waals surface area contributed by atoms with Gasteiger partial charge in [-0.15, -0.1) is 0 Å². The number of piperidine rings is 1. The van der Waals surface area contributed by atoms with E-state index in [9.17, 15) is 14.0 Å². The van der Waals surface area contributed by atoms with Gasteiger partial charge in [0.2, 0.25) is 11.8 Å². The number of aromatic nitrogens is 2. The molecule has 2 aliphatic rings. The molecule has 1 aliphatic heterocycles. The van der Waals surface area contributed by atoms with E-state index >= 15 is 0 Å². The Balaban J connectivity index is 0.000000240. The third-order valence-electron chi connectivity index (χ3n) is 8.24. The molecule has 4 N–H and O–H groups in total. The van der Waals surface area contributed by atoms with Crippen LogP contribution in [-0.4, -0.2) is 66.9 Å². The smallest absolute Gasteiger partial charge is 0.248 e. The first-order valence-corrected chi connectivity index (χ1v) is 16.2. The van der Waals surface area contributed by atoms with Crippen molar-refractivity contribution >= 4 is 34.5 Å². The topological polar surface area (TPSA) is 126 Å². The summed E-state index contributed by atoms with van der Waals surface area (Å²) in [6.45, 7) is 12.5. The zero-order valence-electron chi connectivity index (χ0n) is 29.2. The number of H-pyrrole nitrogens is 1. The van der Waals surface area contributed by atoms with Crippen LogP contribution in [0, 0.1) is 18.7 Å². The van der Waals surface area contributed by atoms with Gasteiger partial charge in [0.15, 0.2) is 0 Å². The fraction of sp³-hybridized carbons (Fsp3) is 0.459. The molecule has 1 atom stereocenters. The number of likely N-dealkylation sites (N-methyl/N-ethyl adjacent to an activating group) is 2. The highest BCUT2D eigenvalue weighted by Gasteiger charge is 2.24. The zero-order valence-corrected chi connectivity index (χ0v) is 29.2. The van der Waals surface area contributed by atoms with Crippen LogP contribution in [0.3, 0.4) is 0 Å². The fourth-order valence-electron chi connectivity index (χ4n) is 5.33. The molecule has 3 aromatic rings. The number of likely N-dealkylation sites (tertiary alicyclic amines) is 1. The number of nitrogens with zero attached hydrogens (tertiary/aromatic N) is 3. The summed E-state index contributed by atoms with van der Waals surface area (Å²) >= 11 is 0. The van der Waals surface area contributed by atoms with Crippen LogP contribution in [0.2, 0.25) is 0 Å². The van der Waals surface area contributed by atoms with E-state index in [0.29, 0.717) is 16.9 Å². The second-order valence-electron chi connectivity index (χ2n) is 12.1. The third kappa shape index (κ3) is 12.8. The number of nitrogens with two attached hydrogens (primary N) is 1. The summed E-state index contributed by atoms with van der Waals surface area (Å²) in [5, 5.41) is 10.7. The lowest BCUT2D eigenvalue weighted by molar-refractivity contribution is -0.126. The summed E-state index contributed by atoms with van der Waals surface area (Å²) in [5.74, 6) is 1.13. The van der Waals surface area contributed by atoms with E-state index in [4.69, 9.17) is 10.5 Å². The summed E-state index contributed by atoms with van der Waals surface area (Å²) in [7, 11) is 5.24. The summed E-state index contributed by atoms with van der Waals surface area (Å²) in [4.78, 5) is 28.7. The van der Waals surface area contributed by atoms with Crippen molar-refractivity contribution < 1.29 is 18.7 Å². The van der Waals surface area contributed by atoms with Crippen molar-refractivity contribution in [3.05, 3.63) is 77.4 Å². The van der Waals surface area contributed by atoms with E-state index in [1.165, 1.54) is 51.7 Å². The fourth-order valence-corrected chi connectivity index (χ4v) is 5.33. The molecule has 2 heterocycles. The van der Waals surface area contributed by atoms with E-state index in [1.807, 2.05) is 27.0 Å². The summed E-state index contributed by atoms with van der Waals surface area (Å²) in [5.41, 5.74) is 9.62. The van der Waals surface area contributed by atoms with Gasteiger partial charge in [-0.25, -0.2) is 4.39 Å². The number of methoxy groups -OCH3 is 1. The number of rotatable bonds is 6. The average molecular weight is 649 g/mol. The van der Waals surface area contributed by atoms with Crippen molar-refractivity contribution in [2.24, 2.45) is 16.6 Å². The van der Waals surface area contributed by atoms with Gasteiger partial charge in [0.1, 0.15) is 11.6 Å². The number of carbonyl (C=O) groups is 2. The van der Waals surface area contributed by atoms with E-state index < -0.39 is 5.91 Å². The molecule has 2 aromatic carbocycles. The van der Waals surface area contributed by atoms with Crippen LogP contribution in [-0.2, 0) is 4.79 Å². The zero-order chi connectivity index (χ0) is 34.9. The predicted octanol–water partition coefficient (Wildman–Crippen LogP) is 7.23. The number of nitrogens with one attached hydrogen (secondary N) is 2. The molecule has 10 heteroatoms. The number of fused-ring (bicyclic) bond motifs is 1. The van der Waals surface area contributed by atoms with Crippen molar-refractivity contribution in [2.45, 2.75) is 78.7 Å². The minimum Gasteiger partial charge on any atom is -0.496 e. The molecule has 1 saturated heterocycles. The SMILES string of the molecule is C=C(C)N=C/C=C(\C)c1n[nH]c2ccc(C(N)=O)cc12.CC1CCCC1.CNC(=O)C1CCCCN1C.COc1cccc(F)c1C. The molecule has 5 rings (SSSR count). The standard InChI is InChI=1S/C15H16N4O.C8H9FO.C8H16N2O.C6H12/c1-9(2)17-7-6-10(3)14-12-8-11(15(16)20)4-5-13(12)18-19-14;1-6-7(9)4-3-5-8(6)10-2;1-9-8(11)7-5-3-4-6-10(7)2;1-6-4-2-3-5-6/h4-8H,1H2,2-3H3,(H2,16,20)(H,18,19);3-5H,1-2H3;7H,3-6H2,1-2H3,(H,9,11);6H,2-5H2,1H3/b10-6+,17-7?;;;. The molecule has 1 saturated carbocycles. The lowest BCUT2D eigenvalue weighted by Gasteiger charge is -2.30. The molecule has 2 amide bonds. The van der Waals surface area contributed by atoms with Crippen molar-refractivity contribution in [3.63, 3.8) is 0 Å². The monoisotopic (exact) mass is 648 g/mol. The molecule has 1 aromatic heterocycles. The van der Waals surface area contributed by atoms with Gasteiger partial charge in [-0.1, -0.05) is 51.7 Å². The third-order valence-corrected chi connectivity index (χ3v) is 8.24. The molecule has 2 fully saturated rings. The van der Waals surface area contributed by atoms with Crippen LogP contribution < -0.4 is 15.8 Å². The molecule has 9 nitrogen and oxygen atoms in total. The van der Waals surface area contributed by atoms with Gasteiger partial charge in [0.25, 0.3) is 0 Å². The summed E-state index contributed by atoms with van der Waals surface area (Å²) in [6.07, 6.45) is 12.9. The number of allylic oxidation sites excluding steroid dienone is 3. The normalized spacial score (nSPS) is 16.7. The maximum Gasteiger partial charge on any atom is 0.248 e. The largest absolute Gasteiger partial charge is 0.496 e. The molecule has 47 heavy (non-hydrogen) atoms. The van der Waals surface area contributed by atoms with Gasteiger partial charge in [-0.3, -0.25) is 24.6 Å². The number of ether oxygens (including phenoxy) is 1. The number of benzene rings is 2. The Hall–Kier alpha value is -4.31. The molecule has 0 spiro atoms. The van der Waals surface area contributed by atoms with Gasteiger partial charge >= 0.3 is 0 Å². The molecular weight excluding hydrogens is 595 g/mol. The number of hydrogen-bond donors (Lipinski definition) is 3. The van der Waals surface area contributed by atoms with Gasteiger partial charge < -0.3 is 15.8 Å². The van der Waals surface area contributed by atoms with Gasteiger partial charge in [0, 0.05) is 35.5 Å². The Morgan fingerprint density at radius 3 is 2.36 bits per heavy atom. The number of aromatic amines is 1. The van der Waals surface area contributed by atoms with Crippen LogP contribution >= 0.6 is 0 Å². The van der Waals surface area contributed by atoms with Crippen molar-refractivity contribution in [2.75, 3.05) is 27.7 Å². The quantitative estimate of drug-likeness (QED) is 0.243. The first-order valence-electron chi connectivity index (χ1n) is 16.2. The minimum absolute atomic E-state index is 0.119. The lowest BCUT2D eigenvalue weighted by atomic mass is 10.0. The van der Waals surface area contributed by atoms with Crippen LogP contribution in [0.1, 0.15) is 87.3 Å². The van der Waals surface area contributed by atoms with E-state index in [-0.39, 0.29) is 17.8 Å². The maximum atomic E-state index is 12.7. The second-order valence-corrected chi connectivity index (χ2v) is 12.1. The van der Waals surface area contributed by atoms with E-state index in [2.05, 4.69) is 38.9 Å². The van der Waals surface area contributed by atoms with Crippen LogP contribution in [0.25, 0.3) is 16.5 Å². The predicted molar refractivity (Wildman–Crippen MR) is 191 cm³/mol. The minimum atomic E-state index is -0.454. The Morgan fingerprint density at radius 2 is 1.83 bits per heavy atom. The number of hydrogen-bond acceptors (Lipinski definition) is 6. The molecule has 0 radical (unpaired) electrons. The number of carbonyl (C=O) groups excluding carboxylic acids is 2. The van der Waals surface area contributed by atoms with E-state index in [0.717, 1.165) is 46.8 Å². The van der Waals surface area contributed by atoms with Gasteiger partial charge in [0.05, 0.1) is 24.4 Å². The molecule has 0 bridgehead atoms. The molecular formula is C37H53FN6O3. The average Bonchev–Trinajstić information content (AvgIpc) is 3.71. The Kier molecular flexibility index (Phi) is 16.6. The number of halogens is 1. The summed E-state index contributed by atoms with van der Waals surface area (Å²) in [6, 6.07) is 10.1.